The number of benzene rings is 1. The van der Waals surface area contributed by atoms with Crippen LogP contribution in [0.5, 0.6) is 0 Å². The van der Waals surface area contributed by atoms with E-state index in [0.29, 0.717) is 12.5 Å². The second-order valence-electron chi connectivity index (χ2n) is 7.16. The molecule has 1 aromatic rings. The molecule has 2 heteroatoms. The number of aliphatic hydroxyl groups excluding tert-OH is 1. The van der Waals surface area contributed by atoms with Gasteiger partial charge in [-0.1, -0.05) is 53.6 Å². The van der Waals surface area contributed by atoms with Crippen LogP contribution >= 0.6 is 0 Å². The van der Waals surface area contributed by atoms with Crippen molar-refractivity contribution in [2.45, 2.75) is 38.4 Å². The first kappa shape index (κ1) is 13.3. The quantitative estimate of drug-likeness (QED) is 0.798. The Labute approximate surface area is 126 Å². The fourth-order valence-corrected chi connectivity index (χ4v) is 4.93. The van der Waals surface area contributed by atoms with Crippen LogP contribution in [-0.4, -0.2) is 23.4 Å². The van der Waals surface area contributed by atoms with Crippen molar-refractivity contribution in [1.82, 2.24) is 0 Å². The summed E-state index contributed by atoms with van der Waals surface area (Å²) in [6.07, 6.45) is 5.97. The molecule has 1 saturated carbocycles. The third-order valence-corrected chi connectivity index (χ3v) is 5.52. The third-order valence-electron chi connectivity index (χ3n) is 5.52. The Kier molecular flexibility index (Phi) is 2.73. The van der Waals surface area contributed by atoms with E-state index in [9.17, 15) is 5.11 Å². The number of ether oxygens (including phenoxy) is 1. The van der Waals surface area contributed by atoms with Gasteiger partial charge in [0.05, 0.1) is 18.3 Å². The van der Waals surface area contributed by atoms with Crippen molar-refractivity contribution >= 4 is 6.08 Å². The summed E-state index contributed by atoms with van der Waals surface area (Å²) < 4.78 is 6.18. The Morgan fingerprint density at radius 3 is 2.81 bits per heavy atom. The Bertz CT molecular complexity index is 630. The Morgan fingerprint density at radius 1 is 1.29 bits per heavy atom. The number of hydrogen-bond donors (Lipinski definition) is 1. The molecule has 1 aromatic carbocycles. The van der Waals surface area contributed by atoms with Gasteiger partial charge in [-0.15, -0.1) is 0 Å². The van der Waals surface area contributed by atoms with Gasteiger partial charge in [-0.2, -0.15) is 0 Å². The lowest BCUT2D eigenvalue weighted by Crippen LogP contribution is -2.42. The molecule has 21 heavy (non-hydrogen) atoms. The van der Waals surface area contributed by atoms with E-state index < -0.39 is 0 Å². The highest BCUT2D eigenvalue weighted by molar-refractivity contribution is 5.57. The van der Waals surface area contributed by atoms with Crippen LogP contribution in [0.4, 0.5) is 0 Å². The van der Waals surface area contributed by atoms with Crippen molar-refractivity contribution in [2.24, 2.45) is 11.3 Å². The molecule has 2 bridgehead atoms. The van der Waals surface area contributed by atoms with Crippen LogP contribution in [0.15, 0.2) is 47.6 Å². The summed E-state index contributed by atoms with van der Waals surface area (Å²) in [5.41, 5.74) is 3.56. The van der Waals surface area contributed by atoms with Gasteiger partial charge >= 0.3 is 0 Å². The van der Waals surface area contributed by atoms with Crippen LogP contribution in [-0.2, 0) is 4.74 Å². The van der Waals surface area contributed by atoms with E-state index in [1.807, 2.05) is 6.07 Å². The third kappa shape index (κ3) is 1.79. The van der Waals surface area contributed by atoms with E-state index in [4.69, 9.17) is 4.74 Å². The van der Waals surface area contributed by atoms with Crippen molar-refractivity contribution in [1.29, 1.82) is 0 Å². The zero-order chi connectivity index (χ0) is 14.7. The van der Waals surface area contributed by atoms with Gasteiger partial charge < -0.3 is 9.84 Å². The van der Waals surface area contributed by atoms with Crippen LogP contribution in [0.2, 0.25) is 0 Å². The molecule has 0 aromatic heterocycles. The highest BCUT2D eigenvalue weighted by Gasteiger charge is 2.64. The molecule has 1 heterocycles. The first-order chi connectivity index (χ1) is 10.0. The molecule has 1 aliphatic heterocycles. The molecular formula is C19H22O2. The lowest BCUT2D eigenvalue weighted by molar-refractivity contribution is -0.000107. The largest absolute Gasteiger partial charge is 0.392 e. The summed E-state index contributed by atoms with van der Waals surface area (Å²) in [7, 11) is 0. The first-order valence-corrected chi connectivity index (χ1v) is 7.79. The lowest BCUT2D eigenvalue weighted by atomic mass is 9.64. The minimum atomic E-state index is -0.325. The van der Waals surface area contributed by atoms with Gasteiger partial charge in [0.2, 0.25) is 0 Å². The summed E-state index contributed by atoms with van der Waals surface area (Å²) in [4.78, 5) is 0. The number of aliphatic hydroxyl groups is 1. The van der Waals surface area contributed by atoms with Crippen LogP contribution in [0.1, 0.15) is 32.3 Å². The second kappa shape index (κ2) is 4.31. The van der Waals surface area contributed by atoms with Crippen LogP contribution in [0.3, 0.4) is 0 Å². The van der Waals surface area contributed by atoms with Crippen LogP contribution < -0.4 is 0 Å². The van der Waals surface area contributed by atoms with Crippen molar-refractivity contribution < 1.29 is 9.84 Å². The van der Waals surface area contributed by atoms with Gasteiger partial charge in [0.25, 0.3) is 0 Å². The molecule has 1 N–H and O–H groups in total. The maximum absolute atomic E-state index is 10.7. The van der Waals surface area contributed by atoms with Crippen molar-refractivity contribution in [3.05, 3.63) is 53.1 Å². The Morgan fingerprint density at radius 2 is 2.05 bits per heavy atom. The van der Waals surface area contributed by atoms with Gasteiger partial charge in [0.15, 0.2) is 0 Å². The fourth-order valence-electron chi connectivity index (χ4n) is 4.93. The van der Waals surface area contributed by atoms with Gasteiger partial charge in [-0.3, -0.25) is 0 Å². The first-order valence-electron chi connectivity index (χ1n) is 7.79. The Hall–Kier alpha value is -1.38. The summed E-state index contributed by atoms with van der Waals surface area (Å²) in [6.45, 7) is 5.03. The highest BCUT2D eigenvalue weighted by atomic mass is 16.5. The SMILES string of the molecule is CC1=C[C@@]23CO[C@@](C)(C1)[C@@H]2/C(=C\c1ccccc1)C[C@H]3O. The summed E-state index contributed by atoms with van der Waals surface area (Å²) in [5.74, 6) is 0.309. The molecule has 0 spiro atoms. The van der Waals surface area contributed by atoms with Crippen molar-refractivity contribution in [3.63, 3.8) is 0 Å². The molecule has 2 nitrogen and oxygen atoms in total. The average Bonchev–Trinajstić information content (AvgIpc) is 2.82. The number of hydrogen-bond acceptors (Lipinski definition) is 2. The van der Waals surface area contributed by atoms with Crippen molar-refractivity contribution in [3.8, 4) is 0 Å². The minimum Gasteiger partial charge on any atom is -0.392 e. The van der Waals surface area contributed by atoms with Crippen molar-refractivity contribution in [2.75, 3.05) is 6.61 Å². The summed E-state index contributed by atoms with van der Waals surface area (Å²) in [5, 5.41) is 10.7. The molecule has 0 radical (unpaired) electrons. The fraction of sp³-hybridized carbons (Fsp3) is 0.474. The molecule has 0 unspecified atom stereocenters. The second-order valence-corrected chi connectivity index (χ2v) is 7.16. The zero-order valence-corrected chi connectivity index (χ0v) is 12.7. The van der Waals surface area contributed by atoms with Gasteiger partial charge in [-0.25, -0.2) is 0 Å². The predicted octanol–water partition coefficient (Wildman–Crippen LogP) is 3.58. The molecule has 4 rings (SSSR count). The molecule has 2 fully saturated rings. The average molecular weight is 282 g/mol. The van der Waals surface area contributed by atoms with Gasteiger partial charge in [-0.05, 0) is 32.3 Å². The van der Waals surface area contributed by atoms with Gasteiger partial charge in [0, 0.05) is 11.3 Å². The van der Waals surface area contributed by atoms with E-state index in [0.717, 1.165) is 12.8 Å². The molecular weight excluding hydrogens is 260 g/mol. The van der Waals surface area contributed by atoms with Crippen LogP contribution in [0, 0.1) is 11.3 Å². The molecule has 1 saturated heterocycles. The van der Waals surface area contributed by atoms with E-state index >= 15 is 0 Å². The maximum atomic E-state index is 10.7. The van der Waals surface area contributed by atoms with Crippen LogP contribution in [0.25, 0.3) is 6.08 Å². The van der Waals surface area contributed by atoms with Gasteiger partial charge in [0.1, 0.15) is 0 Å². The van der Waals surface area contributed by atoms with E-state index in [1.165, 1.54) is 16.7 Å². The molecule has 0 amide bonds. The molecule has 2 aliphatic carbocycles. The summed E-state index contributed by atoms with van der Waals surface area (Å²) >= 11 is 0. The minimum absolute atomic E-state index is 0.156. The molecule has 3 aliphatic rings. The number of rotatable bonds is 1. The molecule has 110 valence electrons. The summed E-state index contributed by atoms with van der Waals surface area (Å²) in [6, 6.07) is 10.4. The van der Waals surface area contributed by atoms with E-state index in [-0.39, 0.29) is 17.1 Å². The highest BCUT2D eigenvalue weighted by Crippen LogP contribution is 2.63. The normalized spacial score (nSPS) is 43.0. The maximum Gasteiger partial charge on any atom is 0.0767 e. The Balaban J connectivity index is 1.82. The van der Waals surface area contributed by atoms with E-state index in [1.54, 1.807) is 0 Å². The predicted molar refractivity (Wildman–Crippen MR) is 83.7 cm³/mol. The lowest BCUT2D eigenvalue weighted by Gasteiger charge is -2.39. The monoisotopic (exact) mass is 282 g/mol. The topological polar surface area (TPSA) is 29.5 Å². The zero-order valence-electron chi connectivity index (χ0n) is 12.7. The van der Waals surface area contributed by atoms with E-state index in [2.05, 4.69) is 50.3 Å². The standard InChI is InChI=1S/C19H22O2/c1-13-10-18(2)17-15(8-14-6-4-3-5-7-14)9-16(20)19(17,11-13)12-21-18/h3-8,11,16-17,20H,9-10,12H2,1-2H3/b15-8-/t16-,17+,18+,19+/m1/s1. The smallest absolute Gasteiger partial charge is 0.0767 e. The molecule has 4 atom stereocenters.